The Hall–Kier alpha value is -0.780. The number of benzene rings is 1. The predicted octanol–water partition coefficient (Wildman–Crippen LogP) is 8.07. The van der Waals surface area contributed by atoms with Gasteiger partial charge in [0.25, 0.3) is 0 Å². The fourth-order valence-corrected chi connectivity index (χ4v) is 9.77. The maximum absolute atomic E-state index is 2.74. The van der Waals surface area contributed by atoms with Gasteiger partial charge < -0.3 is 0 Å². The van der Waals surface area contributed by atoms with Gasteiger partial charge in [-0.1, -0.05) is 59.2 Å². The zero-order valence-electron chi connectivity index (χ0n) is 19.3. The highest BCUT2D eigenvalue weighted by Gasteiger charge is 2.66. The van der Waals surface area contributed by atoms with Crippen LogP contribution in [0.3, 0.4) is 0 Å². The molecule has 3 fully saturated rings. The van der Waals surface area contributed by atoms with Crippen molar-refractivity contribution in [1.82, 2.24) is 0 Å². The van der Waals surface area contributed by atoms with Gasteiger partial charge in [-0.3, -0.25) is 0 Å². The van der Waals surface area contributed by atoms with Crippen molar-refractivity contribution in [2.75, 3.05) is 0 Å². The molecule has 1 aromatic carbocycles. The largest absolute Gasteiger partial charge is 0.0617 e. The predicted molar refractivity (Wildman–Crippen MR) is 120 cm³/mol. The van der Waals surface area contributed by atoms with Gasteiger partial charge in [0.1, 0.15) is 0 Å². The smallest absolute Gasteiger partial charge is 0.00996 e. The van der Waals surface area contributed by atoms with Crippen LogP contribution in [0.1, 0.15) is 109 Å². The maximum atomic E-state index is 2.74. The topological polar surface area (TPSA) is 0 Å². The average Bonchev–Trinajstić information content (AvgIpc) is 2.61. The maximum Gasteiger partial charge on any atom is -0.00996 e. The summed E-state index contributed by atoms with van der Waals surface area (Å²) in [6, 6.07) is 7.16. The van der Waals surface area contributed by atoms with Gasteiger partial charge in [-0.15, -0.1) is 0 Å². The molecule has 0 radical (unpaired) electrons. The molecule has 4 aliphatic carbocycles. The van der Waals surface area contributed by atoms with E-state index in [4.69, 9.17) is 0 Å². The molecule has 0 spiro atoms. The number of aryl methyl sites for hydroxylation is 1. The van der Waals surface area contributed by atoms with Crippen molar-refractivity contribution in [2.24, 2.45) is 33.5 Å². The van der Waals surface area contributed by atoms with Gasteiger partial charge in [-0.05, 0) is 114 Å². The molecule has 0 saturated heterocycles. The fraction of sp³-hybridized carbons (Fsp3) is 0.786. The lowest BCUT2D eigenvalue weighted by molar-refractivity contribution is -0.199. The molecule has 0 nitrogen and oxygen atoms in total. The third-order valence-electron chi connectivity index (χ3n) is 11.3. The van der Waals surface area contributed by atoms with Crippen LogP contribution >= 0.6 is 0 Å². The first-order valence-electron chi connectivity index (χ1n) is 12.2. The Bertz CT molecular complexity index is 787. The minimum atomic E-state index is 0.478. The zero-order chi connectivity index (χ0) is 19.9. The number of hydrogen-bond donors (Lipinski definition) is 0. The second-order valence-electron chi connectivity index (χ2n) is 12.6. The van der Waals surface area contributed by atoms with Crippen LogP contribution in [-0.2, 0) is 6.42 Å². The van der Waals surface area contributed by atoms with Gasteiger partial charge in [-0.2, -0.15) is 0 Å². The van der Waals surface area contributed by atoms with E-state index in [1.54, 1.807) is 11.1 Å². The van der Waals surface area contributed by atoms with Crippen LogP contribution in [-0.4, -0.2) is 0 Å². The van der Waals surface area contributed by atoms with Gasteiger partial charge >= 0.3 is 0 Å². The highest BCUT2D eigenvalue weighted by Crippen LogP contribution is 2.74. The van der Waals surface area contributed by atoms with Crippen molar-refractivity contribution >= 4 is 0 Å². The van der Waals surface area contributed by atoms with E-state index in [-0.39, 0.29) is 0 Å². The van der Waals surface area contributed by atoms with Crippen molar-refractivity contribution < 1.29 is 0 Å². The molecule has 0 aliphatic heterocycles. The number of hydrogen-bond acceptors (Lipinski definition) is 0. The molecule has 5 rings (SSSR count). The van der Waals surface area contributed by atoms with Gasteiger partial charge in [0, 0.05) is 0 Å². The average molecular weight is 379 g/mol. The first-order chi connectivity index (χ1) is 13.1. The van der Waals surface area contributed by atoms with Crippen LogP contribution in [0.4, 0.5) is 0 Å². The Labute approximate surface area is 173 Å². The Morgan fingerprint density at radius 1 is 0.786 bits per heavy atom. The summed E-state index contributed by atoms with van der Waals surface area (Å²) in [5, 5.41) is 0. The number of fused-ring (bicyclic) bond motifs is 7. The van der Waals surface area contributed by atoms with Crippen molar-refractivity contribution in [3.63, 3.8) is 0 Å². The zero-order valence-corrected chi connectivity index (χ0v) is 19.3. The lowest BCUT2D eigenvalue weighted by Gasteiger charge is -2.70. The van der Waals surface area contributed by atoms with Gasteiger partial charge in [0.05, 0.1) is 0 Å². The molecule has 4 aliphatic rings. The van der Waals surface area contributed by atoms with E-state index in [1.807, 2.05) is 0 Å². The Morgan fingerprint density at radius 2 is 1.57 bits per heavy atom. The van der Waals surface area contributed by atoms with E-state index >= 15 is 0 Å². The van der Waals surface area contributed by atoms with E-state index in [9.17, 15) is 0 Å². The minimum absolute atomic E-state index is 0.478. The SMILES string of the molecule is Cc1cccc2c1CC[C@]1(C)[C@@H]2CCC2[C@@]3(C)CCCC(C)(C)[C@H]3CC[C@]21C. The first-order valence-corrected chi connectivity index (χ1v) is 12.2. The third kappa shape index (κ3) is 2.24. The highest BCUT2D eigenvalue weighted by atomic mass is 14.7. The standard InChI is InChI=1S/C28H42/c1-19-9-7-10-21-20(19)13-17-27(5)22(21)11-12-24-26(4)16-8-15-25(2,3)23(26)14-18-28(24,27)6/h7,9-10,22-24H,8,11-18H2,1-6H3/t22-,23-,24?,26+,27-,28-/m1/s1. The summed E-state index contributed by atoms with van der Waals surface area (Å²) in [4.78, 5) is 0. The summed E-state index contributed by atoms with van der Waals surface area (Å²) in [6.45, 7) is 15.7. The minimum Gasteiger partial charge on any atom is -0.0617 e. The Morgan fingerprint density at radius 3 is 2.36 bits per heavy atom. The Balaban J connectivity index is 1.58. The number of rotatable bonds is 0. The van der Waals surface area contributed by atoms with Crippen LogP contribution in [0.2, 0.25) is 0 Å². The molecular formula is C28H42. The lowest BCUT2D eigenvalue weighted by Crippen LogP contribution is -2.62. The molecule has 0 N–H and O–H groups in total. The van der Waals surface area contributed by atoms with Crippen LogP contribution in [0, 0.1) is 40.4 Å². The van der Waals surface area contributed by atoms with Crippen LogP contribution < -0.4 is 0 Å². The molecule has 0 heteroatoms. The van der Waals surface area contributed by atoms with Crippen molar-refractivity contribution in [2.45, 2.75) is 105 Å². The summed E-state index contributed by atoms with van der Waals surface area (Å²) in [7, 11) is 0. The van der Waals surface area contributed by atoms with Crippen LogP contribution in [0.5, 0.6) is 0 Å². The normalized spacial score (nSPS) is 46.7. The monoisotopic (exact) mass is 378 g/mol. The molecule has 154 valence electrons. The van der Waals surface area contributed by atoms with Crippen LogP contribution in [0.25, 0.3) is 0 Å². The second kappa shape index (κ2) is 5.89. The highest BCUT2D eigenvalue weighted by molar-refractivity contribution is 5.42. The lowest BCUT2D eigenvalue weighted by atomic mass is 9.34. The Kier molecular flexibility index (Phi) is 4.04. The van der Waals surface area contributed by atoms with E-state index < -0.39 is 0 Å². The summed E-state index contributed by atoms with van der Waals surface area (Å²) in [5.41, 5.74) is 7.06. The van der Waals surface area contributed by atoms with Crippen molar-refractivity contribution in [1.29, 1.82) is 0 Å². The van der Waals surface area contributed by atoms with Crippen molar-refractivity contribution in [3.05, 3.63) is 34.9 Å². The quantitative estimate of drug-likeness (QED) is 0.428. The van der Waals surface area contributed by atoms with Crippen LogP contribution in [0.15, 0.2) is 18.2 Å². The van der Waals surface area contributed by atoms with Gasteiger partial charge in [0.15, 0.2) is 0 Å². The fourth-order valence-electron chi connectivity index (χ4n) is 9.77. The summed E-state index contributed by atoms with van der Waals surface area (Å²) >= 11 is 0. The van der Waals surface area contributed by atoms with Gasteiger partial charge in [0.2, 0.25) is 0 Å². The van der Waals surface area contributed by atoms with E-state index in [0.29, 0.717) is 21.7 Å². The summed E-state index contributed by atoms with van der Waals surface area (Å²) in [6.07, 6.45) is 12.9. The van der Waals surface area contributed by atoms with E-state index in [2.05, 4.69) is 59.7 Å². The van der Waals surface area contributed by atoms with Crippen molar-refractivity contribution in [3.8, 4) is 0 Å². The molecule has 3 saturated carbocycles. The molecule has 1 aromatic rings. The molecule has 0 amide bonds. The third-order valence-corrected chi connectivity index (χ3v) is 11.3. The molecule has 6 atom stereocenters. The van der Waals surface area contributed by atoms with E-state index in [0.717, 1.165) is 17.8 Å². The molecule has 0 bridgehead atoms. The molecule has 28 heavy (non-hydrogen) atoms. The summed E-state index contributed by atoms with van der Waals surface area (Å²) < 4.78 is 0. The second-order valence-corrected chi connectivity index (χ2v) is 12.6. The molecule has 1 unspecified atom stereocenters. The summed E-state index contributed by atoms with van der Waals surface area (Å²) in [5.74, 6) is 2.64. The van der Waals surface area contributed by atoms with Gasteiger partial charge in [-0.25, -0.2) is 0 Å². The molecule has 0 heterocycles. The molecule has 0 aromatic heterocycles. The van der Waals surface area contributed by atoms with E-state index in [1.165, 1.54) is 63.4 Å². The molecular weight excluding hydrogens is 336 g/mol. The first kappa shape index (κ1) is 19.2.